The highest BCUT2D eigenvalue weighted by atomic mass is 16.5. The van der Waals surface area contributed by atoms with E-state index >= 15 is 0 Å². The largest absolute Gasteiger partial charge is 0.394 e. The average Bonchev–Trinajstić information content (AvgIpc) is 3.09. The highest BCUT2D eigenvalue weighted by molar-refractivity contribution is 5.79. The topological polar surface area (TPSA) is 90.9 Å². The van der Waals surface area contributed by atoms with Gasteiger partial charge in [-0.05, 0) is 46.2 Å². The molecule has 0 aromatic carbocycles. The fourth-order valence-corrected chi connectivity index (χ4v) is 3.74. The molecule has 1 aliphatic carbocycles. The summed E-state index contributed by atoms with van der Waals surface area (Å²) in [5.41, 5.74) is 0. The van der Waals surface area contributed by atoms with Crippen molar-refractivity contribution in [2.24, 2.45) is 5.92 Å². The summed E-state index contributed by atoms with van der Waals surface area (Å²) in [5, 5.41) is 15.5. The number of amides is 2. The van der Waals surface area contributed by atoms with Crippen LogP contribution in [0.25, 0.3) is 0 Å². The lowest BCUT2D eigenvalue weighted by atomic mass is 9.97. The van der Waals surface area contributed by atoms with E-state index in [1.165, 1.54) is 0 Å². The molecule has 7 heteroatoms. The van der Waals surface area contributed by atoms with Crippen LogP contribution >= 0.6 is 0 Å². The Balaban J connectivity index is 1.69. The van der Waals surface area contributed by atoms with Gasteiger partial charge in [-0.1, -0.05) is 12.8 Å². The van der Waals surface area contributed by atoms with Gasteiger partial charge in [0.05, 0.1) is 25.3 Å². The smallest absolute Gasteiger partial charge is 0.234 e. The van der Waals surface area contributed by atoms with Crippen molar-refractivity contribution in [2.75, 3.05) is 33.8 Å². The van der Waals surface area contributed by atoms with E-state index in [0.717, 1.165) is 44.9 Å². The number of ether oxygens (including phenoxy) is 1. The normalized spacial score (nSPS) is 27.4. The number of carbonyl (C=O) groups excluding carboxylic acids is 2. The number of nitrogens with one attached hydrogen (secondary N) is 2. The standard InChI is InChI=1S/C18H33N3O4/c1-21(2)11-17(23)20-15-8-7-14(25-16(15)12-22)9-10-19-18(24)13-5-3-4-6-13/h13-16,22H,3-12H2,1-2H3,(H,19,24)(H,20,23)/t14-,15+,16+/m1/s1. The lowest BCUT2D eigenvalue weighted by molar-refractivity contribution is -0.130. The average molecular weight is 355 g/mol. The Morgan fingerprint density at radius 2 is 1.88 bits per heavy atom. The summed E-state index contributed by atoms with van der Waals surface area (Å²) in [6.07, 6.45) is 6.31. The quantitative estimate of drug-likeness (QED) is 0.581. The van der Waals surface area contributed by atoms with E-state index in [0.29, 0.717) is 13.1 Å². The third kappa shape index (κ3) is 6.56. The monoisotopic (exact) mass is 355 g/mol. The number of hydrogen-bond acceptors (Lipinski definition) is 5. The predicted octanol–water partition coefficient (Wildman–Crippen LogP) is 0.269. The predicted molar refractivity (Wildman–Crippen MR) is 95.1 cm³/mol. The van der Waals surface area contributed by atoms with Crippen LogP contribution in [0.5, 0.6) is 0 Å². The van der Waals surface area contributed by atoms with Crippen molar-refractivity contribution in [3.63, 3.8) is 0 Å². The van der Waals surface area contributed by atoms with Gasteiger partial charge in [0.25, 0.3) is 0 Å². The zero-order valence-corrected chi connectivity index (χ0v) is 15.5. The van der Waals surface area contributed by atoms with E-state index in [1.807, 2.05) is 19.0 Å². The molecule has 1 heterocycles. The molecule has 3 atom stereocenters. The second-order valence-corrected chi connectivity index (χ2v) is 7.53. The minimum absolute atomic E-state index is 0.0167. The molecule has 0 unspecified atom stereocenters. The van der Waals surface area contributed by atoms with E-state index in [-0.39, 0.29) is 42.6 Å². The molecule has 3 N–H and O–H groups in total. The first-order chi connectivity index (χ1) is 12.0. The first-order valence-corrected chi connectivity index (χ1v) is 9.47. The van der Waals surface area contributed by atoms with Crippen molar-refractivity contribution < 1.29 is 19.4 Å². The highest BCUT2D eigenvalue weighted by Gasteiger charge is 2.32. The maximum absolute atomic E-state index is 12.0. The molecule has 1 aliphatic heterocycles. The molecule has 0 spiro atoms. The van der Waals surface area contributed by atoms with Crippen molar-refractivity contribution >= 4 is 11.8 Å². The summed E-state index contributed by atoms with van der Waals surface area (Å²) < 4.78 is 5.93. The molecule has 0 aromatic rings. The Morgan fingerprint density at radius 3 is 2.52 bits per heavy atom. The summed E-state index contributed by atoms with van der Waals surface area (Å²) in [6.45, 7) is 0.818. The molecule has 25 heavy (non-hydrogen) atoms. The van der Waals surface area contributed by atoms with Crippen LogP contribution < -0.4 is 10.6 Å². The van der Waals surface area contributed by atoms with Crippen LogP contribution in [0.1, 0.15) is 44.9 Å². The van der Waals surface area contributed by atoms with Gasteiger partial charge in [0.15, 0.2) is 0 Å². The van der Waals surface area contributed by atoms with Gasteiger partial charge in [0.2, 0.25) is 11.8 Å². The minimum atomic E-state index is -0.379. The maximum Gasteiger partial charge on any atom is 0.234 e. The molecule has 0 bridgehead atoms. The van der Waals surface area contributed by atoms with Crippen LogP contribution in [-0.4, -0.2) is 73.9 Å². The van der Waals surface area contributed by atoms with Gasteiger partial charge in [-0.15, -0.1) is 0 Å². The Kier molecular flexibility index (Phi) is 8.12. The van der Waals surface area contributed by atoms with Gasteiger partial charge in [-0.25, -0.2) is 0 Å². The zero-order chi connectivity index (χ0) is 18.2. The summed E-state index contributed by atoms with van der Waals surface area (Å²) >= 11 is 0. The van der Waals surface area contributed by atoms with Crippen LogP contribution in [0.3, 0.4) is 0 Å². The third-order valence-electron chi connectivity index (χ3n) is 5.09. The summed E-state index contributed by atoms with van der Waals surface area (Å²) in [6, 6.07) is -0.151. The molecular weight excluding hydrogens is 322 g/mol. The van der Waals surface area contributed by atoms with Crippen molar-refractivity contribution in [3.05, 3.63) is 0 Å². The van der Waals surface area contributed by atoms with Crippen LogP contribution in [0, 0.1) is 5.92 Å². The molecule has 0 aromatic heterocycles. The van der Waals surface area contributed by atoms with E-state index < -0.39 is 0 Å². The van der Waals surface area contributed by atoms with Crippen molar-refractivity contribution in [3.8, 4) is 0 Å². The van der Waals surface area contributed by atoms with Crippen LogP contribution in [0.15, 0.2) is 0 Å². The van der Waals surface area contributed by atoms with Gasteiger partial charge < -0.3 is 25.4 Å². The molecule has 1 saturated heterocycles. The fraction of sp³-hybridized carbons (Fsp3) is 0.889. The Morgan fingerprint density at radius 1 is 1.16 bits per heavy atom. The number of aliphatic hydroxyl groups excluding tert-OH is 1. The number of aliphatic hydroxyl groups is 1. The zero-order valence-electron chi connectivity index (χ0n) is 15.5. The first-order valence-electron chi connectivity index (χ1n) is 9.47. The molecule has 1 saturated carbocycles. The Labute approximate surface area is 150 Å². The lowest BCUT2D eigenvalue weighted by Crippen LogP contribution is -2.52. The van der Waals surface area contributed by atoms with E-state index in [9.17, 15) is 14.7 Å². The SMILES string of the molecule is CN(C)CC(=O)N[C@H]1CC[C@H](CCNC(=O)C2CCCC2)O[C@H]1CO. The summed E-state index contributed by atoms with van der Waals surface area (Å²) in [4.78, 5) is 25.7. The Hall–Kier alpha value is -1.18. The molecule has 0 radical (unpaired) electrons. The molecule has 2 amide bonds. The molecule has 2 rings (SSSR count). The molecule has 2 aliphatic rings. The van der Waals surface area contributed by atoms with Gasteiger partial charge in [0, 0.05) is 12.5 Å². The molecule has 7 nitrogen and oxygen atoms in total. The van der Waals surface area contributed by atoms with Crippen LogP contribution in [0.4, 0.5) is 0 Å². The lowest BCUT2D eigenvalue weighted by Gasteiger charge is -2.36. The minimum Gasteiger partial charge on any atom is -0.394 e. The van der Waals surface area contributed by atoms with Gasteiger partial charge >= 0.3 is 0 Å². The van der Waals surface area contributed by atoms with Gasteiger partial charge in [0.1, 0.15) is 6.10 Å². The second kappa shape index (κ2) is 10.1. The van der Waals surface area contributed by atoms with E-state index in [4.69, 9.17) is 4.74 Å². The van der Waals surface area contributed by atoms with Gasteiger partial charge in [-0.3, -0.25) is 9.59 Å². The second-order valence-electron chi connectivity index (χ2n) is 7.53. The van der Waals surface area contributed by atoms with E-state index in [2.05, 4.69) is 10.6 Å². The maximum atomic E-state index is 12.0. The molecular formula is C18H33N3O4. The highest BCUT2D eigenvalue weighted by Crippen LogP contribution is 2.25. The van der Waals surface area contributed by atoms with E-state index in [1.54, 1.807) is 0 Å². The van der Waals surface area contributed by atoms with Crippen LogP contribution in [-0.2, 0) is 14.3 Å². The van der Waals surface area contributed by atoms with Crippen LogP contribution in [0.2, 0.25) is 0 Å². The summed E-state index contributed by atoms with van der Waals surface area (Å²) in [5.74, 6) is 0.300. The Bertz CT molecular complexity index is 438. The van der Waals surface area contributed by atoms with Gasteiger partial charge in [-0.2, -0.15) is 0 Å². The van der Waals surface area contributed by atoms with Crippen molar-refractivity contribution in [1.29, 1.82) is 0 Å². The number of hydrogen-bond donors (Lipinski definition) is 3. The number of nitrogens with zero attached hydrogens (tertiary/aromatic N) is 1. The van der Waals surface area contributed by atoms with Crippen molar-refractivity contribution in [2.45, 2.75) is 63.2 Å². The third-order valence-corrected chi connectivity index (χ3v) is 5.09. The van der Waals surface area contributed by atoms with Crippen molar-refractivity contribution in [1.82, 2.24) is 15.5 Å². The summed E-state index contributed by atoms with van der Waals surface area (Å²) in [7, 11) is 3.69. The molecule has 144 valence electrons. The molecule has 2 fully saturated rings. The first kappa shape index (κ1) is 20.1. The number of rotatable bonds is 8. The fourth-order valence-electron chi connectivity index (χ4n) is 3.74. The number of carbonyl (C=O) groups is 2. The number of likely N-dealkylation sites (N-methyl/N-ethyl adjacent to an activating group) is 1.